The SMILES string of the molecule is CCCCCCCCCCCCCCCCCC(c1ccccc1)[N+](C)(C)C.[Cl-]. The van der Waals surface area contributed by atoms with Gasteiger partial charge in [-0.2, -0.15) is 0 Å². The second-order valence-corrected chi connectivity index (χ2v) is 9.78. The van der Waals surface area contributed by atoms with Gasteiger partial charge in [0, 0.05) is 12.0 Å². The van der Waals surface area contributed by atoms with Gasteiger partial charge in [-0.3, -0.25) is 0 Å². The van der Waals surface area contributed by atoms with Crippen LogP contribution in [-0.2, 0) is 0 Å². The first-order valence-electron chi connectivity index (χ1n) is 12.4. The Labute approximate surface area is 189 Å². The summed E-state index contributed by atoms with van der Waals surface area (Å²) in [6.45, 7) is 2.30. The van der Waals surface area contributed by atoms with E-state index in [2.05, 4.69) is 58.4 Å². The number of hydrogen-bond acceptors (Lipinski definition) is 0. The molecule has 0 amide bonds. The molecule has 0 aliphatic carbocycles. The molecule has 0 saturated heterocycles. The first-order valence-corrected chi connectivity index (χ1v) is 12.4. The van der Waals surface area contributed by atoms with E-state index in [1.165, 1.54) is 108 Å². The lowest BCUT2D eigenvalue weighted by Crippen LogP contribution is -3.00. The van der Waals surface area contributed by atoms with Crippen LogP contribution in [0.1, 0.15) is 121 Å². The van der Waals surface area contributed by atoms with Crippen LogP contribution in [-0.4, -0.2) is 25.6 Å². The molecule has 2 heteroatoms. The second-order valence-electron chi connectivity index (χ2n) is 9.78. The highest BCUT2D eigenvalue weighted by atomic mass is 35.5. The predicted molar refractivity (Wildman–Crippen MR) is 127 cm³/mol. The third-order valence-corrected chi connectivity index (χ3v) is 6.20. The summed E-state index contributed by atoms with van der Waals surface area (Å²) in [6, 6.07) is 11.7. The van der Waals surface area contributed by atoms with E-state index in [1.54, 1.807) is 0 Å². The van der Waals surface area contributed by atoms with Crippen LogP contribution in [0.4, 0.5) is 0 Å². The standard InChI is InChI=1S/C27H50N.ClH/c1-5-6-7-8-9-10-11-12-13-14-15-16-17-18-22-25-27(28(2,3)4)26-23-20-19-21-24-26;/h19-21,23-24,27H,5-18,22,25H2,1-4H3;1H/q+1;/p-1. The summed E-state index contributed by atoms with van der Waals surface area (Å²) in [5.74, 6) is 0. The van der Waals surface area contributed by atoms with Gasteiger partial charge in [0.15, 0.2) is 0 Å². The van der Waals surface area contributed by atoms with Gasteiger partial charge in [0.05, 0.1) is 21.1 Å². The number of unbranched alkanes of at least 4 members (excludes halogenated alkanes) is 14. The molecular formula is C27H50ClN. The molecule has 1 unspecified atom stereocenters. The van der Waals surface area contributed by atoms with Crippen LogP contribution in [0, 0.1) is 0 Å². The summed E-state index contributed by atoms with van der Waals surface area (Å²) >= 11 is 0. The molecule has 0 aliphatic rings. The average molecular weight is 424 g/mol. The first-order chi connectivity index (χ1) is 13.6. The molecule has 170 valence electrons. The molecule has 1 nitrogen and oxygen atoms in total. The van der Waals surface area contributed by atoms with Crippen LogP contribution in [0.15, 0.2) is 30.3 Å². The van der Waals surface area contributed by atoms with Crippen molar-refractivity contribution in [2.45, 2.75) is 116 Å². The van der Waals surface area contributed by atoms with E-state index >= 15 is 0 Å². The molecule has 0 aromatic heterocycles. The Hall–Kier alpha value is -0.530. The average Bonchev–Trinajstić information content (AvgIpc) is 2.67. The number of nitrogens with zero attached hydrogens (tertiary/aromatic N) is 1. The maximum atomic E-state index is 2.34. The zero-order chi connectivity index (χ0) is 20.5. The zero-order valence-corrected chi connectivity index (χ0v) is 20.9. The molecule has 0 radical (unpaired) electrons. The van der Waals surface area contributed by atoms with Crippen molar-refractivity contribution in [3.63, 3.8) is 0 Å². The molecule has 0 heterocycles. The van der Waals surface area contributed by atoms with E-state index in [9.17, 15) is 0 Å². The van der Waals surface area contributed by atoms with E-state index in [0.29, 0.717) is 6.04 Å². The van der Waals surface area contributed by atoms with E-state index in [0.717, 1.165) is 4.48 Å². The molecule has 0 spiro atoms. The van der Waals surface area contributed by atoms with E-state index < -0.39 is 0 Å². The lowest BCUT2D eigenvalue weighted by atomic mass is 9.97. The Balaban J connectivity index is 0.00000784. The Morgan fingerprint density at radius 2 is 0.966 bits per heavy atom. The molecule has 1 rings (SSSR count). The largest absolute Gasteiger partial charge is 1.00 e. The summed E-state index contributed by atoms with van der Waals surface area (Å²) in [4.78, 5) is 0. The lowest BCUT2D eigenvalue weighted by Gasteiger charge is -2.34. The molecule has 0 aliphatic heterocycles. The highest BCUT2D eigenvalue weighted by Gasteiger charge is 2.24. The van der Waals surface area contributed by atoms with Crippen molar-refractivity contribution in [3.8, 4) is 0 Å². The van der Waals surface area contributed by atoms with Gasteiger partial charge in [-0.1, -0.05) is 127 Å². The number of halogens is 1. The Morgan fingerprint density at radius 1 is 0.586 bits per heavy atom. The minimum Gasteiger partial charge on any atom is -1.00 e. The maximum Gasteiger partial charge on any atom is 0.114 e. The van der Waals surface area contributed by atoms with Gasteiger partial charge in [0.2, 0.25) is 0 Å². The van der Waals surface area contributed by atoms with Crippen molar-refractivity contribution >= 4 is 0 Å². The molecule has 1 aromatic carbocycles. The van der Waals surface area contributed by atoms with Crippen molar-refractivity contribution in [1.82, 2.24) is 0 Å². The minimum absolute atomic E-state index is 0. The van der Waals surface area contributed by atoms with E-state index in [4.69, 9.17) is 0 Å². The topological polar surface area (TPSA) is 0 Å². The molecule has 1 aromatic rings. The van der Waals surface area contributed by atoms with Gasteiger partial charge in [-0.25, -0.2) is 0 Å². The fraction of sp³-hybridized carbons (Fsp3) is 0.778. The van der Waals surface area contributed by atoms with Gasteiger partial charge in [0.25, 0.3) is 0 Å². The highest BCUT2D eigenvalue weighted by molar-refractivity contribution is 5.17. The van der Waals surface area contributed by atoms with Gasteiger partial charge in [-0.15, -0.1) is 0 Å². The van der Waals surface area contributed by atoms with Crippen LogP contribution in [0.5, 0.6) is 0 Å². The second kappa shape index (κ2) is 18.3. The molecule has 0 bridgehead atoms. The van der Waals surface area contributed by atoms with E-state index in [-0.39, 0.29) is 12.4 Å². The Morgan fingerprint density at radius 3 is 1.34 bits per heavy atom. The molecule has 0 saturated carbocycles. The fourth-order valence-corrected chi connectivity index (χ4v) is 4.39. The molecule has 0 N–H and O–H groups in total. The highest BCUT2D eigenvalue weighted by Crippen LogP contribution is 2.29. The van der Waals surface area contributed by atoms with Crippen molar-refractivity contribution in [1.29, 1.82) is 0 Å². The van der Waals surface area contributed by atoms with E-state index in [1.807, 2.05) is 0 Å². The third-order valence-electron chi connectivity index (χ3n) is 6.20. The summed E-state index contributed by atoms with van der Waals surface area (Å²) in [7, 11) is 7.01. The maximum absolute atomic E-state index is 2.34. The van der Waals surface area contributed by atoms with Gasteiger partial charge >= 0.3 is 0 Å². The van der Waals surface area contributed by atoms with Gasteiger partial charge in [0.1, 0.15) is 6.04 Å². The van der Waals surface area contributed by atoms with Crippen LogP contribution >= 0.6 is 0 Å². The van der Waals surface area contributed by atoms with Crippen molar-refractivity contribution in [2.75, 3.05) is 21.1 Å². The van der Waals surface area contributed by atoms with Crippen LogP contribution < -0.4 is 12.4 Å². The predicted octanol–water partition coefficient (Wildman–Crippen LogP) is 5.70. The number of hydrogen-bond donors (Lipinski definition) is 0. The van der Waals surface area contributed by atoms with Crippen molar-refractivity contribution in [3.05, 3.63) is 35.9 Å². The summed E-state index contributed by atoms with van der Waals surface area (Å²) < 4.78 is 1.03. The number of quaternary nitrogens is 1. The van der Waals surface area contributed by atoms with Crippen LogP contribution in [0.25, 0.3) is 0 Å². The van der Waals surface area contributed by atoms with Crippen LogP contribution in [0.3, 0.4) is 0 Å². The monoisotopic (exact) mass is 423 g/mol. The quantitative estimate of drug-likeness (QED) is 0.210. The Kier molecular flexibility index (Phi) is 17.9. The Bertz CT molecular complexity index is 451. The summed E-state index contributed by atoms with van der Waals surface area (Å²) in [6.07, 6.45) is 22.9. The van der Waals surface area contributed by atoms with Gasteiger partial charge < -0.3 is 16.9 Å². The van der Waals surface area contributed by atoms with Crippen molar-refractivity contribution in [2.24, 2.45) is 0 Å². The van der Waals surface area contributed by atoms with Crippen LogP contribution in [0.2, 0.25) is 0 Å². The fourth-order valence-electron chi connectivity index (χ4n) is 4.39. The summed E-state index contributed by atoms with van der Waals surface area (Å²) in [5.41, 5.74) is 1.50. The number of rotatable bonds is 18. The third kappa shape index (κ3) is 15.0. The summed E-state index contributed by atoms with van der Waals surface area (Å²) in [5, 5.41) is 0. The normalized spacial score (nSPS) is 12.6. The minimum atomic E-state index is 0. The molecule has 1 atom stereocenters. The first kappa shape index (κ1) is 28.5. The number of benzene rings is 1. The lowest BCUT2D eigenvalue weighted by molar-refractivity contribution is -0.902. The molecule has 0 fully saturated rings. The molecule has 29 heavy (non-hydrogen) atoms. The molecular weight excluding hydrogens is 374 g/mol. The van der Waals surface area contributed by atoms with Crippen molar-refractivity contribution < 1.29 is 16.9 Å². The van der Waals surface area contributed by atoms with Gasteiger partial charge in [-0.05, 0) is 6.42 Å². The smallest absolute Gasteiger partial charge is 0.114 e. The zero-order valence-electron chi connectivity index (χ0n) is 20.1.